The van der Waals surface area contributed by atoms with Gasteiger partial charge in [0.05, 0.1) is 24.3 Å². The van der Waals surface area contributed by atoms with E-state index in [1.807, 2.05) is 30.5 Å². The van der Waals surface area contributed by atoms with Gasteiger partial charge in [-0.25, -0.2) is 4.79 Å². The summed E-state index contributed by atoms with van der Waals surface area (Å²) >= 11 is 1.63. The number of amides is 2. The predicted molar refractivity (Wildman–Crippen MR) is 92.6 cm³/mol. The summed E-state index contributed by atoms with van der Waals surface area (Å²) in [7, 11) is 0. The maximum Gasteiger partial charge on any atom is 0.317 e. The number of nitriles is 1. The number of morpholine rings is 1. The van der Waals surface area contributed by atoms with Crippen LogP contribution in [-0.2, 0) is 11.3 Å². The Morgan fingerprint density at radius 2 is 2.33 bits per heavy atom. The van der Waals surface area contributed by atoms with E-state index in [1.165, 1.54) is 0 Å². The van der Waals surface area contributed by atoms with Crippen molar-refractivity contribution in [1.82, 2.24) is 10.2 Å². The molecule has 124 valence electrons. The number of rotatable bonds is 3. The third kappa shape index (κ3) is 3.94. The molecule has 0 bridgehead atoms. The van der Waals surface area contributed by atoms with E-state index in [0.29, 0.717) is 25.2 Å². The van der Waals surface area contributed by atoms with Crippen LogP contribution < -0.4 is 5.32 Å². The average Bonchev–Trinajstić information content (AvgIpc) is 3.14. The van der Waals surface area contributed by atoms with E-state index in [1.54, 1.807) is 28.4 Å². The summed E-state index contributed by atoms with van der Waals surface area (Å²) < 4.78 is 5.95. The van der Waals surface area contributed by atoms with E-state index in [-0.39, 0.29) is 18.2 Å². The largest absolute Gasteiger partial charge is 0.367 e. The highest BCUT2D eigenvalue weighted by Gasteiger charge is 2.29. The molecule has 1 aliphatic heterocycles. The predicted octanol–water partition coefficient (Wildman–Crippen LogP) is 3.29. The van der Waals surface area contributed by atoms with E-state index in [2.05, 4.69) is 16.8 Å². The van der Waals surface area contributed by atoms with Crippen molar-refractivity contribution >= 4 is 17.4 Å². The van der Waals surface area contributed by atoms with Gasteiger partial charge in [-0.1, -0.05) is 12.1 Å². The van der Waals surface area contributed by atoms with Crippen molar-refractivity contribution in [2.75, 3.05) is 13.1 Å². The molecule has 2 heterocycles. The molecule has 2 aromatic rings. The molecular formula is C18H19N3O2S. The van der Waals surface area contributed by atoms with Crippen molar-refractivity contribution in [2.45, 2.75) is 25.7 Å². The van der Waals surface area contributed by atoms with Crippen molar-refractivity contribution in [3.63, 3.8) is 0 Å². The topological polar surface area (TPSA) is 65.4 Å². The number of carbonyl (C=O) groups is 1. The number of thiophene rings is 1. The first-order chi connectivity index (χ1) is 11.7. The first-order valence-corrected chi connectivity index (χ1v) is 8.79. The Kier molecular flexibility index (Phi) is 5.14. The van der Waals surface area contributed by atoms with E-state index in [9.17, 15) is 4.79 Å². The smallest absolute Gasteiger partial charge is 0.317 e. The van der Waals surface area contributed by atoms with E-state index in [0.717, 1.165) is 11.1 Å². The number of ether oxygens (including phenoxy) is 1. The van der Waals surface area contributed by atoms with Crippen LogP contribution in [0.1, 0.15) is 29.7 Å². The summed E-state index contributed by atoms with van der Waals surface area (Å²) in [4.78, 5) is 14.3. The Morgan fingerprint density at radius 1 is 1.46 bits per heavy atom. The second-order valence-corrected chi connectivity index (χ2v) is 6.65. The van der Waals surface area contributed by atoms with Gasteiger partial charge in [-0.3, -0.25) is 0 Å². The third-order valence-electron chi connectivity index (χ3n) is 3.96. The van der Waals surface area contributed by atoms with Gasteiger partial charge in [-0.15, -0.1) is 0 Å². The van der Waals surface area contributed by atoms with Crippen LogP contribution in [0.3, 0.4) is 0 Å². The molecule has 0 radical (unpaired) electrons. The van der Waals surface area contributed by atoms with Crippen molar-refractivity contribution in [3.05, 3.63) is 57.8 Å². The molecule has 3 rings (SSSR count). The van der Waals surface area contributed by atoms with Crippen molar-refractivity contribution in [1.29, 1.82) is 5.26 Å². The quantitative estimate of drug-likeness (QED) is 0.931. The fraction of sp³-hybridized carbons (Fsp3) is 0.333. The van der Waals surface area contributed by atoms with Crippen LogP contribution in [0.15, 0.2) is 41.1 Å². The van der Waals surface area contributed by atoms with E-state index >= 15 is 0 Å². The Bertz CT molecular complexity index is 739. The molecule has 2 amide bonds. The maximum absolute atomic E-state index is 12.5. The molecule has 2 unspecified atom stereocenters. The number of nitrogens with one attached hydrogen (secondary N) is 1. The van der Waals surface area contributed by atoms with Gasteiger partial charge in [0.2, 0.25) is 0 Å². The number of benzene rings is 1. The number of hydrogen-bond donors (Lipinski definition) is 1. The van der Waals surface area contributed by atoms with Crippen LogP contribution in [0.2, 0.25) is 0 Å². The molecule has 1 saturated heterocycles. The molecule has 24 heavy (non-hydrogen) atoms. The van der Waals surface area contributed by atoms with Crippen LogP contribution in [0.5, 0.6) is 0 Å². The van der Waals surface area contributed by atoms with Crippen molar-refractivity contribution in [3.8, 4) is 6.07 Å². The van der Waals surface area contributed by atoms with Crippen molar-refractivity contribution in [2.24, 2.45) is 0 Å². The lowest BCUT2D eigenvalue weighted by atomic mass is 10.1. The SMILES string of the molecule is CC1CN(C(=O)NCc2cccc(C#N)c2)CC(c2ccsc2)O1. The first-order valence-electron chi connectivity index (χ1n) is 7.85. The number of nitrogens with zero attached hydrogens (tertiary/aromatic N) is 2. The molecule has 6 heteroatoms. The normalized spacial score (nSPS) is 20.4. The van der Waals surface area contributed by atoms with Crippen LogP contribution in [-0.4, -0.2) is 30.1 Å². The fourth-order valence-corrected chi connectivity index (χ4v) is 3.50. The highest BCUT2D eigenvalue weighted by molar-refractivity contribution is 7.07. The van der Waals surface area contributed by atoms with Gasteiger partial charge in [0.15, 0.2) is 0 Å². The maximum atomic E-state index is 12.5. The summed E-state index contributed by atoms with van der Waals surface area (Å²) in [5.41, 5.74) is 2.63. The average molecular weight is 341 g/mol. The number of hydrogen-bond acceptors (Lipinski definition) is 4. The summed E-state index contributed by atoms with van der Waals surface area (Å²) in [5.74, 6) is 0. The lowest BCUT2D eigenvalue weighted by Gasteiger charge is -2.36. The number of carbonyl (C=O) groups excluding carboxylic acids is 1. The fourth-order valence-electron chi connectivity index (χ4n) is 2.80. The third-order valence-corrected chi connectivity index (χ3v) is 4.66. The van der Waals surface area contributed by atoms with Crippen LogP contribution in [0, 0.1) is 11.3 Å². The lowest BCUT2D eigenvalue weighted by molar-refractivity contribution is -0.0655. The standard InChI is InChI=1S/C18H19N3O2S/c1-13-10-21(11-17(23-13)16-5-6-24-12-16)18(22)20-9-15-4-2-3-14(7-15)8-19/h2-7,12-13,17H,9-11H2,1H3,(H,20,22). The molecule has 1 aromatic heterocycles. The van der Waals surface area contributed by atoms with Gasteiger partial charge in [-0.2, -0.15) is 16.6 Å². The van der Waals surface area contributed by atoms with Gasteiger partial charge < -0.3 is 15.0 Å². The Hall–Kier alpha value is -2.36. The second-order valence-electron chi connectivity index (χ2n) is 5.87. The molecule has 1 N–H and O–H groups in total. The first kappa shape index (κ1) is 16.5. The Balaban J connectivity index is 1.60. The molecule has 1 fully saturated rings. The van der Waals surface area contributed by atoms with Crippen molar-refractivity contribution < 1.29 is 9.53 Å². The minimum atomic E-state index is -0.104. The van der Waals surface area contributed by atoms with Gasteiger partial charge >= 0.3 is 6.03 Å². The lowest BCUT2D eigenvalue weighted by Crippen LogP contribution is -2.49. The zero-order chi connectivity index (χ0) is 16.9. The highest BCUT2D eigenvalue weighted by Crippen LogP contribution is 2.26. The molecule has 0 spiro atoms. The zero-order valence-corrected chi connectivity index (χ0v) is 14.3. The minimum absolute atomic E-state index is 0.00341. The summed E-state index contributed by atoms with van der Waals surface area (Å²) in [6.45, 7) is 3.51. The van der Waals surface area contributed by atoms with E-state index < -0.39 is 0 Å². The summed E-state index contributed by atoms with van der Waals surface area (Å²) in [6.07, 6.45) is -0.0796. The Labute approximate surface area is 145 Å². The summed E-state index contributed by atoms with van der Waals surface area (Å²) in [5, 5.41) is 15.9. The van der Waals surface area contributed by atoms with Crippen LogP contribution in [0.4, 0.5) is 4.79 Å². The number of urea groups is 1. The summed E-state index contributed by atoms with van der Waals surface area (Å²) in [6, 6.07) is 11.3. The van der Waals surface area contributed by atoms with Crippen LogP contribution >= 0.6 is 11.3 Å². The molecule has 2 atom stereocenters. The van der Waals surface area contributed by atoms with Gasteiger partial charge in [-0.05, 0) is 47.0 Å². The monoisotopic (exact) mass is 341 g/mol. The zero-order valence-electron chi connectivity index (χ0n) is 13.4. The second kappa shape index (κ2) is 7.47. The molecule has 1 aromatic carbocycles. The molecule has 0 aliphatic carbocycles. The Morgan fingerprint density at radius 3 is 3.08 bits per heavy atom. The molecule has 5 nitrogen and oxygen atoms in total. The van der Waals surface area contributed by atoms with Gasteiger partial charge in [0.25, 0.3) is 0 Å². The highest BCUT2D eigenvalue weighted by atomic mass is 32.1. The minimum Gasteiger partial charge on any atom is -0.367 e. The van der Waals surface area contributed by atoms with Gasteiger partial charge in [0.1, 0.15) is 6.10 Å². The molecule has 1 aliphatic rings. The van der Waals surface area contributed by atoms with E-state index in [4.69, 9.17) is 10.00 Å². The van der Waals surface area contributed by atoms with Crippen LogP contribution in [0.25, 0.3) is 0 Å². The molecule has 0 saturated carbocycles. The van der Waals surface area contributed by atoms with Gasteiger partial charge in [0, 0.05) is 13.1 Å². The molecular weight excluding hydrogens is 322 g/mol.